The van der Waals surface area contributed by atoms with E-state index in [0.717, 1.165) is 24.9 Å². The maximum absolute atomic E-state index is 12.7. The summed E-state index contributed by atoms with van der Waals surface area (Å²) < 4.78 is 5.76. The van der Waals surface area contributed by atoms with Crippen molar-refractivity contribution in [2.75, 3.05) is 11.9 Å². The van der Waals surface area contributed by atoms with Gasteiger partial charge in [-0.3, -0.25) is 9.59 Å². The van der Waals surface area contributed by atoms with E-state index in [-0.39, 0.29) is 17.6 Å². The lowest BCUT2D eigenvalue weighted by molar-refractivity contribution is -0.133. The Morgan fingerprint density at radius 2 is 1.81 bits per heavy atom. The Morgan fingerprint density at radius 1 is 1.11 bits per heavy atom. The molecule has 1 saturated carbocycles. The van der Waals surface area contributed by atoms with E-state index in [1.165, 1.54) is 19.3 Å². The highest BCUT2D eigenvalue weighted by atomic mass is 79.9. The second-order valence-corrected chi connectivity index (χ2v) is 7.68. The lowest BCUT2D eigenvalue weighted by Gasteiger charge is -2.33. The first-order chi connectivity index (χ1) is 13.1. The van der Waals surface area contributed by atoms with Crippen LogP contribution in [0.2, 0.25) is 0 Å². The molecule has 0 bridgehead atoms. The Bertz CT molecular complexity index is 779. The number of halogens is 1. The third kappa shape index (κ3) is 5.22. The van der Waals surface area contributed by atoms with Gasteiger partial charge in [0.1, 0.15) is 0 Å². The van der Waals surface area contributed by atoms with E-state index in [1.54, 1.807) is 12.1 Å². The van der Waals surface area contributed by atoms with Gasteiger partial charge in [0.25, 0.3) is 5.91 Å². The van der Waals surface area contributed by atoms with Gasteiger partial charge < -0.3 is 14.6 Å². The molecule has 0 radical (unpaired) electrons. The van der Waals surface area contributed by atoms with Crippen molar-refractivity contribution in [3.05, 3.63) is 52.4 Å². The van der Waals surface area contributed by atoms with Gasteiger partial charge in [-0.1, -0.05) is 31.4 Å². The molecule has 1 aromatic heterocycles. The highest BCUT2D eigenvalue weighted by molar-refractivity contribution is 9.10. The van der Waals surface area contributed by atoms with Gasteiger partial charge in [-0.05, 0) is 65.5 Å². The molecule has 27 heavy (non-hydrogen) atoms. The molecule has 0 spiro atoms. The van der Waals surface area contributed by atoms with Crippen LogP contribution in [-0.4, -0.2) is 29.3 Å². The van der Waals surface area contributed by atoms with E-state index in [2.05, 4.69) is 28.2 Å². The second-order valence-electron chi connectivity index (χ2n) is 6.90. The fraction of sp³-hybridized carbons (Fsp3) is 0.429. The van der Waals surface area contributed by atoms with Crippen LogP contribution < -0.4 is 5.32 Å². The quantitative estimate of drug-likeness (QED) is 0.696. The molecule has 0 atom stereocenters. The number of hydrogen-bond donors (Lipinski definition) is 1. The predicted molar refractivity (Wildman–Crippen MR) is 109 cm³/mol. The molecule has 1 aromatic carbocycles. The highest BCUT2D eigenvalue weighted by Crippen LogP contribution is 2.23. The average molecular weight is 433 g/mol. The summed E-state index contributed by atoms with van der Waals surface area (Å²) in [6.07, 6.45) is 6.35. The molecule has 144 valence electrons. The van der Waals surface area contributed by atoms with E-state index in [9.17, 15) is 9.59 Å². The zero-order valence-electron chi connectivity index (χ0n) is 15.5. The first-order valence-electron chi connectivity index (χ1n) is 9.52. The van der Waals surface area contributed by atoms with Crippen molar-refractivity contribution >= 4 is 33.4 Å². The van der Waals surface area contributed by atoms with Crippen molar-refractivity contribution in [2.24, 2.45) is 0 Å². The van der Waals surface area contributed by atoms with Gasteiger partial charge in [0.05, 0.1) is 6.42 Å². The summed E-state index contributed by atoms with van der Waals surface area (Å²) in [5.41, 5.74) is 1.62. The van der Waals surface area contributed by atoms with Gasteiger partial charge in [0.15, 0.2) is 10.4 Å². The largest absolute Gasteiger partial charge is 0.444 e. The topological polar surface area (TPSA) is 62.6 Å². The van der Waals surface area contributed by atoms with Gasteiger partial charge in [-0.2, -0.15) is 0 Å². The summed E-state index contributed by atoms with van der Waals surface area (Å²) in [7, 11) is 0. The minimum absolute atomic E-state index is 0.182. The van der Waals surface area contributed by atoms with Crippen molar-refractivity contribution in [2.45, 2.75) is 51.5 Å². The Labute approximate surface area is 168 Å². The van der Waals surface area contributed by atoms with Crippen LogP contribution in [0.15, 0.2) is 45.5 Å². The van der Waals surface area contributed by atoms with Crippen molar-refractivity contribution in [3.63, 3.8) is 0 Å². The number of furan rings is 1. The van der Waals surface area contributed by atoms with Crippen LogP contribution in [0, 0.1) is 0 Å². The van der Waals surface area contributed by atoms with Gasteiger partial charge in [-0.25, -0.2) is 0 Å². The van der Waals surface area contributed by atoms with Crippen molar-refractivity contribution in [3.8, 4) is 0 Å². The number of hydrogen-bond acceptors (Lipinski definition) is 3. The molecule has 2 amide bonds. The highest BCUT2D eigenvalue weighted by Gasteiger charge is 2.24. The molecule has 5 nitrogen and oxygen atoms in total. The van der Waals surface area contributed by atoms with Crippen LogP contribution in [-0.2, 0) is 11.2 Å². The molecule has 3 rings (SSSR count). The molecule has 2 aromatic rings. The first kappa shape index (κ1) is 19.7. The summed E-state index contributed by atoms with van der Waals surface area (Å²) in [6.45, 7) is 2.81. The number of nitrogens with one attached hydrogen (secondary N) is 1. The van der Waals surface area contributed by atoms with Gasteiger partial charge >= 0.3 is 0 Å². The molecule has 6 heteroatoms. The summed E-state index contributed by atoms with van der Waals surface area (Å²) in [6, 6.07) is 11.1. The minimum Gasteiger partial charge on any atom is -0.444 e. The number of rotatable bonds is 6. The fourth-order valence-corrected chi connectivity index (χ4v) is 3.95. The Kier molecular flexibility index (Phi) is 6.72. The molecule has 1 fully saturated rings. The van der Waals surface area contributed by atoms with E-state index in [4.69, 9.17) is 4.42 Å². The molecular formula is C21H25BrN2O3. The summed E-state index contributed by atoms with van der Waals surface area (Å²) >= 11 is 3.18. The third-order valence-electron chi connectivity index (χ3n) is 5.04. The van der Waals surface area contributed by atoms with Gasteiger partial charge in [0.2, 0.25) is 5.91 Å². The molecule has 0 saturated heterocycles. The molecule has 1 aliphatic rings. The average Bonchev–Trinajstić information content (AvgIpc) is 3.11. The van der Waals surface area contributed by atoms with Crippen LogP contribution in [0.25, 0.3) is 0 Å². The van der Waals surface area contributed by atoms with Crippen LogP contribution in [0.5, 0.6) is 0 Å². The summed E-state index contributed by atoms with van der Waals surface area (Å²) in [4.78, 5) is 26.9. The number of carbonyl (C=O) groups excluding carboxylic acids is 2. The fourth-order valence-electron chi connectivity index (χ4n) is 3.64. The van der Waals surface area contributed by atoms with Crippen LogP contribution in [0.1, 0.15) is 55.1 Å². The molecule has 0 unspecified atom stereocenters. The standard InChI is InChI=1S/C21H25BrN2O3/c1-2-24(17-6-4-3-5-7-17)20(25)14-15-8-10-16(11-9-15)23-21(26)18-12-13-19(22)27-18/h8-13,17H,2-7,14H2,1H3,(H,23,26). The van der Waals surface area contributed by atoms with Gasteiger partial charge in [-0.15, -0.1) is 0 Å². The molecule has 1 heterocycles. The maximum Gasteiger partial charge on any atom is 0.291 e. The minimum atomic E-state index is -0.306. The smallest absolute Gasteiger partial charge is 0.291 e. The molecule has 1 aliphatic carbocycles. The molecular weight excluding hydrogens is 408 g/mol. The Balaban J connectivity index is 1.57. The molecule has 0 aliphatic heterocycles. The van der Waals surface area contributed by atoms with Crippen LogP contribution in [0.3, 0.4) is 0 Å². The number of nitrogens with zero attached hydrogens (tertiary/aromatic N) is 1. The number of likely N-dealkylation sites (N-methyl/N-ethyl adjacent to an activating group) is 1. The van der Waals surface area contributed by atoms with E-state index < -0.39 is 0 Å². The molecule has 1 N–H and O–H groups in total. The van der Waals surface area contributed by atoms with Gasteiger partial charge in [0, 0.05) is 18.3 Å². The van der Waals surface area contributed by atoms with Crippen molar-refractivity contribution in [1.82, 2.24) is 4.90 Å². The first-order valence-corrected chi connectivity index (χ1v) is 10.3. The number of carbonyl (C=O) groups is 2. The van der Waals surface area contributed by atoms with Crippen LogP contribution in [0.4, 0.5) is 5.69 Å². The zero-order chi connectivity index (χ0) is 19.2. The van der Waals surface area contributed by atoms with E-state index in [1.807, 2.05) is 29.2 Å². The zero-order valence-corrected chi connectivity index (χ0v) is 17.1. The third-order valence-corrected chi connectivity index (χ3v) is 5.47. The summed E-state index contributed by atoms with van der Waals surface area (Å²) in [5.74, 6) is 0.118. The monoisotopic (exact) mass is 432 g/mol. The lowest BCUT2D eigenvalue weighted by atomic mass is 9.93. The van der Waals surface area contributed by atoms with Crippen molar-refractivity contribution in [1.29, 1.82) is 0 Å². The normalized spacial score (nSPS) is 14.7. The van der Waals surface area contributed by atoms with E-state index >= 15 is 0 Å². The second kappa shape index (κ2) is 9.22. The Morgan fingerprint density at radius 3 is 2.41 bits per heavy atom. The number of amides is 2. The van der Waals surface area contributed by atoms with Crippen LogP contribution >= 0.6 is 15.9 Å². The maximum atomic E-state index is 12.7. The lowest BCUT2D eigenvalue weighted by Crippen LogP contribution is -2.42. The van der Waals surface area contributed by atoms with E-state index in [0.29, 0.717) is 22.8 Å². The number of anilines is 1. The SMILES string of the molecule is CCN(C(=O)Cc1ccc(NC(=O)c2ccc(Br)o2)cc1)C1CCCCC1. The number of benzene rings is 1. The summed E-state index contributed by atoms with van der Waals surface area (Å²) in [5, 5.41) is 2.79. The van der Waals surface area contributed by atoms with Crippen molar-refractivity contribution < 1.29 is 14.0 Å². The Hall–Kier alpha value is -2.08. The predicted octanol–water partition coefficient (Wildman–Crippen LogP) is 5.02.